The molecule has 29 heavy (non-hydrogen) atoms. The fraction of sp³-hybridized carbons (Fsp3) is 0.250. The summed E-state index contributed by atoms with van der Waals surface area (Å²) in [6.07, 6.45) is 3.74. The normalized spacial score (nSPS) is 11.8. The van der Waals surface area contributed by atoms with Crippen molar-refractivity contribution in [3.63, 3.8) is 0 Å². The highest BCUT2D eigenvalue weighted by Crippen LogP contribution is 2.27. The van der Waals surface area contributed by atoms with E-state index in [9.17, 15) is 9.59 Å². The average Bonchev–Trinajstić information content (AvgIpc) is 3.24. The monoisotopic (exact) mass is 385 g/mol. The molecule has 1 heterocycles. The molecular weight excluding hydrogens is 362 g/mol. The Bertz CT molecular complexity index is 1030. The van der Waals surface area contributed by atoms with Gasteiger partial charge in [0.2, 0.25) is 5.91 Å². The average molecular weight is 385 g/mol. The molecule has 0 aliphatic heterocycles. The number of ketones is 1. The summed E-state index contributed by atoms with van der Waals surface area (Å²) in [6.45, 7) is 3.99. The molecule has 146 valence electrons. The van der Waals surface area contributed by atoms with Crippen molar-refractivity contribution in [2.24, 2.45) is 0 Å². The lowest BCUT2D eigenvalue weighted by atomic mass is 9.88. The minimum atomic E-state index is -0.241. The summed E-state index contributed by atoms with van der Waals surface area (Å²) in [6, 6.07) is 18.3. The van der Waals surface area contributed by atoms with E-state index in [1.54, 1.807) is 41.2 Å². The summed E-state index contributed by atoms with van der Waals surface area (Å²) in [7, 11) is 0. The Balaban J connectivity index is 1.83. The predicted molar refractivity (Wildman–Crippen MR) is 111 cm³/mol. The van der Waals surface area contributed by atoms with E-state index in [1.807, 2.05) is 44.2 Å². The molecule has 0 radical (unpaired) electrons. The zero-order valence-electron chi connectivity index (χ0n) is 16.6. The highest BCUT2D eigenvalue weighted by molar-refractivity contribution is 5.97. The van der Waals surface area contributed by atoms with Crippen molar-refractivity contribution >= 4 is 11.7 Å². The number of benzene rings is 2. The van der Waals surface area contributed by atoms with E-state index >= 15 is 0 Å². The van der Waals surface area contributed by atoms with Gasteiger partial charge in [-0.15, -0.1) is 0 Å². The van der Waals surface area contributed by atoms with Crippen molar-refractivity contribution in [2.45, 2.75) is 38.5 Å². The lowest BCUT2D eigenvalue weighted by molar-refractivity contribution is 0.0878. The molecule has 0 saturated heterocycles. The molecule has 0 N–H and O–H groups in total. The first-order valence-corrected chi connectivity index (χ1v) is 9.64. The smallest absolute Gasteiger partial charge is 0.232 e. The molecule has 3 rings (SSSR count). The first-order valence-electron chi connectivity index (χ1n) is 9.64. The second-order valence-corrected chi connectivity index (χ2v) is 7.33. The minimum Gasteiger partial charge on any atom is -0.294 e. The summed E-state index contributed by atoms with van der Waals surface area (Å²) < 4.78 is 1.59. The van der Waals surface area contributed by atoms with Gasteiger partial charge in [0, 0.05) is 36.7 Å². The molecule has 0 unspecified atom stereocenters. The Labute approximate surface area is 170 Å². The lowest BCUT2D eigenvalue weighted by Gasteiger charge is -2.18. The van der Waals surface area contributed by atoms with Crippen LogP contribution < -0.4 is 0 Å². The van der Waals surface area contributed by atoms with Crippen molar-refractivity contribution in [2.75, 3.05) is 0 Å². The molecule has 0 aliphatic rings. The number of hydrogen-bond acceptors (Lipinski definition) is 4. The number of rotatable bonds is 7. The summed E-state index contributed by atoms with van der Waals surface area (Å²) in [5.41, 5.74) is 2.01. The number of hydrogen-bond donors (Lipinski definition) is 0. The van der Waals surface area contributed by atoms with Crippen molar-refractivity contribution < 1.29 is 9.59 Å². The lowest BCUT2D eigenvalue weighted by Crippen LogP contribution is -2.19. The van der Waals surface area contributed by atoms with Gasteiger partial charge in [-0.1, -0.05) is 56.3 Å². The van der Waals surface area contributed by atoms with Crippen LogP contribution in [-0.4, -0.2) is 21.2 Å². The number of aromatic nitrogens is 2. The van der Waals surface area contributed by atoms with E-state index in [2.05, 4.69) is 11.1 Å². The molecule has 0 aliphatic carbocycles. The highest BCUT2D eigenvalue weighted by Gasteiger charge is 2.23. The van der Waals surface area contributed by atoms with Crippen LogP contribution in [0.4, 0.5) is 0 Å². The van der Waals surface area contributed by atoms with Gasteiger partial charge >= 0.3 is 0 Å². The fourth-order valence-corrected chi connectivity index (χ4v) is 3.37. The van der Waals surface area contributed by atoms with Gasteiger partial charge in [0.05, 0.1) is 11.6 Å². The third-order valence-electron chi connectivity index (χ3n) is 4.91. The first kappa shape index (κ1) is 20.2. The van der Waals surface area contributed by atoms with Crippen molar-refractivity contribution in [3.05, 3.63) is 89.5 Å². The second kappa shape index (κ2) is 9.11. The number of Topliss-reactive ketones (excluding diaryl/α,β-unsaturated/α-hetero) is 1. The largest absolute Gasteiger partial charge is 0.294 e. The van der Waals surface area contributed by atoms with Gasteiger partial charge in [0.15, 0.2) is 5.78 Å². The molecule has 2 aromatic carbocycles. The highest BCUT2D eigenvalue weighted by atomic mass is 16.2. The fourth-order valence-electron chi connectivity index (χ4n) is 3.37. The van der Waals surface area contributed by atoms with Gasteiger partial charge in [-0.25, -0.2) is 4.98 Å². The molecule has 1 atom stereocenters. The van der Waals surface area contributed by atoms with Gasteiger partial charge in [-0.05, 0) is 23.6 Å². The van der Waals surface area contributed by atoms with Crippen LogP contribution >= 0.6 is 0 Å². The molecule has 5 heteroatoms. The predicted octanol–water partition coefficient (Wildman–Crippen LogP) is 4.97. The van der Waals surface area contributed by atoms with E-state index in [0.29, 0.717) is 11.1 Å². The molecule has 1 aromatic heterocycles. The van der Waals surface area contributed by atoms with Gasteiger partial charge in [0.1, 0.15) is 5.82 Å². The molecule has 0 spiro atoms. The van der Waals surface area contributed by atoms with Crippen molar-refractivity contribution in [1.82, 2.24) is 9.55 Å². The van der Waals surface area contributed by atoms with Crippen LogP contribution in [0.15, 0.2) is 67.0 Å². The molecular formula is C24H23N3O2. The van der Waals surface area contributed by atoms with Crippen LogP contribution in [-0.2, 0) is 0 Å². The van der Waals surface area contributed by atoms with E-state index < -0.39 is 0 Å². The Morgan fingerprint density at radius 1 is 1.03 bits per heavy atom. The van der Waals surface area contributed by atoms with Crippen molar-refractivity contribution in [3.8, 4) is 6.07 Å². The second-order valence-electron chi connectivity index (χ2n) is 7.33. The van der Waals surface area contributed by atoms with E-state index in [1.165, 1.54) is 0 Å². The summed E-state index contributed by atoms with van der Waals surface area (Å²) in [5, 5.41) is 8.93. The van der Waals surface area contributed by atoms with Crippen LogP contribution in [0, 0.1) is 11.3 Å². The Morgan fingerprint density at radius 3 is 2.34 bits per heavy atom. The van der Waals surface area contributed by atoms with Crippen LogP contribution in [0.25, 0.3) is 0 Å². The summed E-state index contributed by atoms with van der Waals surface area (Å²) >= 11 is 0. The standard InChI is InChI=1S/C24H23N3O2/c1-17(2)24-26-12-13-27(24)23(29)15-21(19-6-4-3-5-7-19)14-22(28)20-10-8-18(16-25)9-11-20/h3-13,17,21H,14-15H2,1-2H3/t21-/m1/s1. The van der Waals surface area contributed by atoms with E-state index in [4.69, 9.17) is 5.26 Å². The number of carbonyl (C=O) groups is 2. The third-order valence-corrected chi connectivity index (χ3v) is 4.91. The maximum atomic E-state index is 13.0. The molecule has 3 aromatic rings. The number of nitriles is 1. The van der Waals surface area contributed by atoms with Crippen LogP contribution in [0.3, 0.4) is 0 Å². The SMILES string of the molecule is CC(C)c1nccn1C(=O)C[C@@H](CC(=O)c1ccc(C#N)cc1)c1ccccc1. The van der Waals surface area contributed by atoms with Gasteiger partial charge in [0.25, 0.3) is 0 Å². The maximum Gasteiger partial charge on any atom is 0.232 e. The van der Waals surface area contributed by atoms with Crippen LogP contribution in [0.2, 0.25) is 0 Å². The Morgan fingerprint density at radius 2 is 1.72 bits per heavy atom. The molecule has 0 bridgehead atoms. The first-order chi connectivity index (χ1) is 14.0. The summed E-state index contributed by atoms with van der Waals surface area (Å²) in [4.78, 5) is 30.1. The van der Waals surface area contributed by atoms with Gasteiger partial charge < -0.3 is 0 Å². The molecule has 5 nitrogen and oxygen atoms in total. The maximum absolute atomic E-state index is 13.0. The third kappa shape index (κ3) is 4.85. The number of nitrogens with zero attached hydrogens (tertiary/aromatic N) is 3. The van der Waals surface area contributed by atoms with Crippen LogP contribution in [0.5, 0.6) is 0 Å². The van der Waals surface area contributed by atoms with E-state index in [-0.39, 0.29) is 36.4 Å². The van der Waals surface area contributed by atoms with Crippen molar-refractivity contribution in [1.29, 1.82) is 5.26 Å². The quantitative estimate of drug-likeness (QED) is 0.538. The minimum absolute atomic E-state index is 0.0501. The zero-order valence-corrected chi connectivity index (χ0v) is 16.6. The number of carbonyl (C=O) groups excluding carboxylic acids is 2. The van der Waals surface area contributed by atoms with Gasteiger partial charge in [-0.3, -0.25) is 14.2 Å². The Hall–Kier alpha value is -3.52. The number of imidazole rings is 1. The topological polar surface area (TPSA) is 75.8 Å². The van der Waals surface area contributed by atoms with Gasteiger partial charge in [-0.2, -0.15) is 5.26 Å². The molecule has 0 fully saturated rings. The Kier molecular flexibility index (Phi) is 6.36. The van der Waals surface area contributed by atoms with Crippen LogP contribution in [0.1, 0.15) is 70.6 Å². The van der Waals surface area contributed by atoms with E-state index in [0.717, 1.165) is 11.4 Å². The zero-order chi connectivity index (χ0) is 20.8. The summed E-state index contributed by atoms with van der Waals surface area (Å²) in [5.74, 6) is 0.484. The molecule has 0 amide bonds. The molecule has 0 saturated carbocycles.